The number of hydrogen-bond donors (Lipinski definition) is 3. The minimum atomic E-state index is -1.09. The van der Waals surface area contributed by atoms with E-state index in [1.165, 1.54) is 17.6 Å². The van der Waals surface area contributed by atoms with Crippen LogP contribution in [-0.2, 0) is 17.9 Å². The second-order valence-corrected chi connectivity index (χ2v) is 6.97. The fourth-order valence-electron chi connectivity index (χ4n) is 3.51. The maximum absolute atomic E-state index is 13.2. The van der Waals surface area contributed by atoms with Crippen LogP contribution in [0.5, 0.6) is 5.88 Å². The van der Waals surface area contributed by atoms with Crippen LogP contribution in [-0.4, -0.2) is 48.1 Å². The summed E-state index contributed by atoms with van der Waals surface area (Å²) in [6, 6.07) is 0. The Balaban J connectivity index is 1.84. The van der Waals surface area contributed by atoms with Crippen molar-refractivity contribution < 1.29 is 28.5 Å². The van der Waals surface area contributed by atoms with Crippen molar-refractivity contribution in [3.8, 4) is 5.88 Å². The van der Waals surface area contributed by atoms with Crippen molar-refractivity contribution in [2.75, 3.05) is 12.3 Å². The highest BCUT2D eigenvalue weighted by molar-refractivity contribution is 5.78. The highest BCUT2D eigenvalue weighted by Gasteiger charge is 2.38. The van der Waals surface area contributed by atoms with Gasteiger partial charge in [0, 0.05) is 13.0 Å². The van der Waals surface area contributed by atoms with E-state index in [-0.39, 0.29) is 60.7 Å². The molecule has 4 rings (SSSR count). The van der Waals surface area contributed by atoms with E-state index in [4.69, 9.17) is 24.0 Å². The molecule has 1 aliphatic heterocycles. The van der Waals surface area contributed by atoms with Gasteiger partial charge in [-0.05, 0) is 6.92 Å². The second-order valence-electron chi connectivity index (χ2n) is 6.97. The monoisotopic (exact) mass is 435 g/mol. The molecule has 1 aliphatic rings. The average Bonchev–Trinajstić information content (AvgIpc) is 3.33. The number of imidazole rings is 1. The highest BCUT2D eigenvalue weighted by atomic mass is 16.6. The standard InChI is InChI=1S/C18H21N5O8/c1-3-4-22-12-13(23(17(22)26)15-10(25)5-9(6-24)30-15)20-16(19)21-14(12)28-7-11-8(2)29-18(27)31-11/h3,9-10,15,24-25H,1,4-7H2,2H3,(H2,19,20,21)/t9-,10+,15+/m0/s1. The van der Waals surface area contributed by atoms with E-state index in [0.717, 1.165) is 4.57 Å². The number of aromatic nitrogens is 4. The molecule has 166 valence electrons. The molecule has 1 fully saturated rings. The zero-order valence-electron chi connectivity index (χ0n) is 16.6. The number of nitrogens with zero attached hydrogens (tertiary/aromatic N) is 4. The topological polar surface area (TPSA) is 181 Å². The molecule has 31 heavy (non-hydrogen) atoms. The zero-order valence-corrected chi connectivity index (χ0v) is 16.6. The van der Waals surface area contributed by atoms with Crippen LogP contribution in [0.4, 0.5) is 5.95 Å². The Labute approximate surface area is 173 Å². The van der Waals surface area contributed by atoms with Crippen LogP contribution in [0, 0.1) is 6.92 Å². The van der Waals surface area contributed by atoms with E-state index in [2.05, 4.69) is 16.5 Å². The number of aliphatic hydroxyl groups excluding tert-OH is 2. The molecule has 4 heterocycles. The Morgan fingerprint density at radius 3 is 2.74 bits per heavy atom. The first-order chi connectivity index (χ1) is 14.8. The summed E-state index contributed by atoms with van der Waals surface area (Å²) in [5.41, 5.74) is 5.53. The summed E-state index contributed by atoms with van der Waals surface area (Å²) in [7, 11) is 0. The van der Waals surface area contributed by atoms with E-state index < -0.39 is 29.9 Å². The van der Waals surface area contributed by atoms with Crippen molar-refractivity contribution >= 4 is 17.1 Å². The summed E-state index contributed by atoms with van der Waals surface area (Å²) in [6.45, 7) is 4.74. The zero-order chi connectivity index (χ0) is 22.3. The van der Waals surface area contributed by atoms with Gasteiger partial charge in [-0.15, -0.1) is 6.58 Å². The van der Waals surface area contributed by atoms with Crippen LogP contribution in [0.2, 0.25) is 0 Å². The first kappa shape index (κ1) is 20.8. The molecule has 3 aromatic rings. The summed E-state index contributed by atoms with van der Waals surface area (Å²) < 4.78 is 23.5. The lowest BCUT2D eigenvalue weighted by Crippen LogP contribution is -2.32. The van der Waals surface area contributed by atoms with Gasteiger partial charge in [0.1, 0.15) is 6.10 Å². The molecule has 0 aliphatic carbocycles. The molecule has 13 nitrogen and oxygen atoms in total. The minimum absolute atomic E-state index is 0.0466. The molecule has 0 saturated carbocycles. The van der Waals surface area contributed by atoms with Gasteiger partial charge in [0.25, 0.3) is 0 Å². The van der Waals surface area contributed by atoms with E-state index in [1.807, 2.05) is 0 Å². The van der Waals surface area contributed by atoms with Gasteiger partial charge in [0.2, 0.25) is 11.8 Å². The molecule has 0 spiro atoms. The highest BCUT2D eigenvalue weighted by Crippen LogP contribution is 2.32. The molecule has 0 bridgehead atoms. The number of hydrogen-bond acceptors (Lipinski definition) is 11. The SMILES string of the molecule is C=CCn1c(=O)n([C@@H]2O[C@H](CO)C[C@H]2O)c2nc(N)nc(OCc3oc(=O)oc3C)c21. The molecule has 3 atom stereocenters. The van der Waals surface area contributed by atoms with E-state index in [0.29, 0.717) is 0 Å². The number of fused-ring (bicyclic) bond motifs is 1. The molecular formula is C18H21N5O8. The van der Waals surface area contributed by atoms with Gasteiger partial charge in [-0.1, -0.05) is 6.08 Å². The molecule has 0 amide bonds. The Morgan fingerprint density at radius 2 is 2.13 bits per heavy atom. The Morgan fingerprint density at radius 1 is 1.35 bits per heavy atom. The van der Waals surface area contributed by atoms with Gasteiger partial charge in [0.05, 0.1) is 12.7 Å². The number of nitrogens with two attached hydrogens (primary N) is 1. The van der Waals surface area contributed by atoms with Crippen molar-refractivity contribution in [3.05, 3.63) is 45.3 Å². The van der Waals surface area contributed by atoms with E-state index in [9.17, 15) is 19.8 Å². The summed E-state index contributed by atoms with van der Waals surface area (Å²) in [5, 5.41) is 19.8. The normalized spacial score (nSPS) is 21.1. The van der Waals surface area contributed by atoms with E-state index in [1.54, 1.807) is 0 Å². The maximum Gasteiger partial charge on any atom is 0.519 e. The fraction of sp³-hybridized carbons (Fsp3) is 0.444. The first-order valence-electron chi connectivity index (χ1n) is 9.39. The van der Waals surface area contributed by atoms with Crippen molar-refractivity contribution in [2.45, 2.75) is 44.9 Å². The van der Waals surface area contributed by atoms with Gasteiger partial charge in [-0.3, -0.25) is 4.57 Å². The number of rotatable bonds is 7. The number of allylic oxidation sites excluding steroid dienone is 1. The Hall–Kier alpha value is -3.42. The smallest absolute Gasteiger partial charge is 0.468 e. The number of nitrogen functional groups attached to an aromatic ring is 1. The quantitative estimate of drug-likeness (QED) is 0.404. The molecule has 0 aromatic carbocycles. The van der Waals surface area contributed by atoms with Gasteiger partial charge in [-0.25, -0.2) is 14.2 Å². The fourth-order valence-corrected chi connectivity index (χ4v) is 3.51. The summed E-state index contributed by atoms with van der Waals surface area (Å²) in [5.74, 6) is -0.725. The molecule has 4 N–H and O–H groups in total. The van der Waals surface area contributed by atoms with Crippen LogP contribution < -0.4 is 22.0 Å². The van der Waals surface area contributed by atoms with Crippen molar-refractivity contribution in [2.24, 2.45) is 0 Å². The molecule has 13 heteroatoms. The molecule has 1 saturated heterocycles. The molecular weight excluding hydrogens is 414 g/mol. The van der Waals surface area contributed by atoms with E-state index >= 15 is 0 Å². The number of anilines is 1. The minimum Gasteiger partial charge on any atom is -0.468 e. The van der Waals surface area contributed by atoms with Crippen LogP contribution >= 0.6 is 0 Å². The third kappa shape index (κ3) is 3.62. The molecule has 0 radical (unpaired) electrons. The lowest BCUT2D eigenvalue weighted by molar-refractivity contribution is -0.0505. The van der Waals surface area contributed by atoms with Gasteiger partial charge < -0.3 is 34.3 Å². The largest absolute Gasteiger partial charge is 0.519 e. The van der Waals surface area contributed by atoms with Crippen LogP contribution in [0.3, 0.4) is 0 Å². The predicted molar refractivity (Wildman–Crippen MR) is 104 cm³/mol. The predicted octanol–water partition coefficient (Wildman–Crippen LogP) is -0.564. The van der Waals surface area contributed by atoms with Crippen LogP contribution in [0.25, 0.3) is 11.2 Å². The molecule has 3 aromatic heterocycles. The number of ether oxygens (including phenoxy) is 2. The molecule has 0 unspecified atom stereocenters. The maximum atomic E-state index is 13.2. The van der Waals surface area contributed by atoms with Gasteiger partial charge in [-0.2, -0.15) is 9.97 Å². The van der Waals surface area contributed by atoms with Gasteiger partial charge >= 0.3 is 11.5 Å². The van der Waals surface area contributed by atoms with Crippen LogP contribution in [0.15, 0.2) is 31.1 Å². The van der Waals surface area contributed by atoms with Gasteiger partial charge in [0.15, 0.2) is 35.5 Å². The Bertz CT molecular complexity index is 1240. The lowest BCUT2D eigenvalue weighted by Gasteiger charge is -2.15. The van der Waals surface area contributed by atoms with Crippen molar-refractivity contribution in [3.63, 3.8) is 0 Å². The van der Waals surface area contributed by atoms with Crippen LogP contribution in [0.1, 0.15) is 24.2 Å². The second kappa shape index (κ2) is 8.02. The van der Waals surface area contributed by atoms with Crippen molar-refractivity contribution in [1.29, 1.82) is 0 Å². The Kier molecular flexibility index (Phi) is 5.39. The third-order valence-corrected chi connectivity index (χ3v) is 4.90. The summed E-state index contributed by atoms with van der Waals surface area (Å²) in [6.07, 6.45) is -1.14. The number of aliphatic hydroxyl groups is 2. The third-order valence-electron chi connectivity index (χ3n) is 4.90. The summed E-state index contributed by atoms with van der Waals surface area (Å²) >= 11 is 0. The van der Waals surface area contributed by atoms with Crippen molar-refractivity contribution in [1.82, 2.24) is 19.1 Å². The average molecular weight is 435 g/mol. The first-order valence-corrected chi connectivity index (χ1v) is 9.39. The lowest BCUT2D eigenvalue weighted by atomic mass is 10.2. The summed E-state index contributed by atoms with van der Waals surface area (Å²) in [4.78, 5) is 32.7. The number of aryl methyl sites for hydroxylation is 1.